The predicted octanol–water partition coefficient (Wildman–Crippen LogP) is 3.44. The Hall–Kier alpha value is -1.87. The Bertz CT molecular complexity index is 875. The minimum absolute atomic E-state index is 0.0630. The van der Waals surface area contributed by atoms with Gasteiger partial charge in [0, 0.05) is 18.1 Å². The van der Waals surface area contributed by atoms with E-state index in [2.05, 4.69) is 6.07 Å². The van der Waals surface area contributed by atoms with E-state index in [0.29, 0.717) is 5.02 Å². The predicted molar refractivity (Wildman–Crippen MR) is 91.5 cm³/mol. The molecule has 4 nitrogen and oxygen atoms in total. The van der Waals surface area contributed by atoms with Gasteiger partial charge in [0.2, 0.25) is 0 Å². The van der Waals surface area contributed by atoms with E-state index in [1.54, 1.807) is 54.6 Å². The van der Waals surface area contributed by atoms with Gasteiger partial charge in [0.25, 0.3) is 0 Å². The molecule has 2 aromatic carbocycles. The highest BCUT2D eigenvalue weighted by Crippen LogP contribution is 2.63. The summed E-state index contributed by atoms with van der Waals surface area (Å²) in [6.07, 6.45) is 0. The SMILES string of the molecule is COC[C@]1(C#N)[C@H](c2ccc(Cl)cc2)[C@@H]1S(=O)(=O)c1ccccc1. The number of ether oxygens (including phenoxy) is 1. The molecule has 0 saturated heterocycles. The highest BCUT2D eigenvalue weighted by atomic mass is 35.5. The molecule has 0 amide bonds. The average Bonchev–Trinajstić information content (AvgIpc) is 3.26. The van der Waals surface area contributed by atoms with Crippen LogP contribution >= 0.6 is 11.6 Å². The fourth-order valence-corrected chi connectivity index (χ4v) is 5.79. The van der Waals surface area contributed by atoms with Gasteiger partial charge >= 0.3 is 0 Å². The second-order valence-electron chi connectivity index (χ2n) is 5.89. The normalized spacial score (nSPS) is 25.9. The summed E-state index contributed by atoms with van der Waals surface area (Å²) in [7, 11) is -2.18. The van der Waals surface area contributed by atoms with E-state index < -0.39 is 26.4 Å². The standard InChI is InChI=1S/C18H16ClNO3S/c1-23-12-18(11-20)16(13-7-9-14(19)10-8-13)17(18)24(21,22)15-5-3-2-4-6-15/h2-10,16-17H,12H2,1H3/t16-,17+,18-/m1/s1. The molecule has 1 saturated carbocycles. The maximum atomic E-state index is 13.1. The van der Waals surface area contributed by atoms with Crippen molar-refractivity contribution in [2.75, 3.05) is 13.7 Å². The molecule has 1 fully saturated rings. The van der Waals surface area contributed by atoms with Crippen LogP contribution in [0.2, 0.25) is 5.02 Å². The van der Waals surface area contributed by atoms with Crippen LogP contribution in [0.3, 0.4) is 0 Å². The number of benzene rings is 2. The topological polar surface area (TPSA) is 67.2 Å². The Labute approximate surface area is 146 Å². The lowest BCUT2D eigenvalue weighted by Crippen LogP contribution is -2.19. The number of methoxy groups -OCH3 is 1. The van der Waals surface area contributed by atoms with Crippen LogP contribution in [0.1, 0.15) is 11.5 Å². The first-order valence-corrected chi connectivity index (χ1v) is 9.34. The molecule has 3 atom stereocenters. The maximum Gasteiger partial charge on any atom is 0.183 e. The number of nitrogens with zero attached hydrogens (tertiary/aromatic N) is 1. The van der Waals surface area contributed by atoms with Gasteiger partial charge in [0.1, 0.15) is 5.41 Å². The summed E-state index contributed by atoms with van der Waals surface area (Å²) >= 11 is 5.92. The first-order valence-electron chi connectivity index (χ1n) is 7.42. The molecule has 1 aliphatic rings. The van der Waals surface area contributed by atoms with Gasteiger partial charge in [-0.05, 0) is 29.8 Å². The van der Waals surface area contributed by atoms with E-state index in [-0.39, 0.29) is 11.5 Å². The summed E-state index contributed by atoms with van der Waals surface area (Å²) in [5.74, 6) is -0.440. The first-order chi connectivity index (χ1) is 11.5. The van der Waals surface area contributed by atoms with E-state index >= 15 is 0 Å². The molecule has 0 N–H and O–H groups in total. The second kappa shape index (κ2) is 6.21. The fourth-order valence-electron chi connectivity index (χ4n) is 3.34. The number of nitriles is 1. The first kappa shape index (κ1) is 17.0. The summed E-state index contributed by atoms with van der Waals surface area (Å²) in [5.41, 5.74) is -0.306. The Morgan fingerprint density at radius 3 is 2.33 bits per heavy atom. The van der Waals surface area contributed by atoms with Crippen molar-refractivity contribution >= 4 is 21.4 Å². The van der Waals surface area contributed by atoms with Crippen molar-refractivity contribution in [3.05, 3.63) is 65.2 Å². The highest BCUT2D eigenvalue weighted by Gasteiger charge is 2.72. The molecule has 0 radical (unpaired) electrons. The van der Waals surface area contributed by atoms with Crippen molar-refractivity contribution in [3.8, 4) is 6.07 Å². The minimum atomic E-state index is -3.65. The molecule has 6 heteroatoms. The number of halogens is 1. The quantitative estimate of drug-likeness (QED) is 0.818. The minimum Gasteiger partial charge on any atom is -0.383 e. The van der Waals surface area contributed by atoms with Crippen LogP contribution in [0.15, 0.2) is 59.5 Å². The average molecular weight is 362 g/mol. The Kier molecular flexibility index (Phi) is 4.39. The third kappa shape index (κ3) is 2.61. The van der Waals surface area contributed by atoms with E-state index in [9.17, 15) is 13.7 Å². The smallest absolute Gasteiger partial charge is 0.183 e. The van der Waals surface area contributed by atoms with Crippen molar-refractivity contribution in [2.24, 2.45) is 5.41 Å². The molecule has 0 aromatic heterocycles. The summed E-state index contributed by atoms with van der Waals surface area (Å²) in [6, 6.07) is 17.4. The number of rotatable bonds is 5. The Balaban J connectivity index is 2.08. The molecule has 1 aliphatic carbocycles. The van der Waals surface area contributed by atoms with E-state index in [0.717, 1.165) is 5.56 Å². The van der Waals surface area contributed by atoms with Crippen LogP contribution in [0.25, 0.3) is 0 Å². The number of sulfone groups is 1. The third-order valence-electron chi connectivity index (χ3n) is 4.48. The molecule has 3 rings (SSSR count). The molecular formula is C18H16ClNO3S. The lowest BCUT2D eigenvalue weighted by molar-refractivity contribution is 0.162. The monoisotopic (exact) mass is 361 g/mol. The molecule has 0 spiro atoms. The molecule has 124 valence electrons. The van der Waals surface area contributed by atoms with E-state index in [4.69, 9.17) is 16.3 Å². The lowest BCUT2D eigenvalue weighted by atomic mass is 10.0. The van der Waals surface area contributed by atoms with Gasteiger partial charge in [0.05, 0.1) is 22.8 Å². The highest BCUT2D eigenvalue weighted by molar-refractivity contribution is 7.92. The Morgan fingerprint density at radius 1 is 1.17 bits per heavy atom. The zero-order valence-corrected chi connectivity index (χ0v) is 14.6. The molecule has 2 aromatic rings. The van der Waals surface area contributed by atoms with Gasteiger partial charge < -0.3 is 4.74 Å². The van der Waals surface area contributed by atoms with Gasteiger partial charge in [-0.3, -0.25) is 0 Å². The maximum absolute atomic E-state index is 13.1. The summed E-state index contributed by atoms with van der Waals surface area (Å²) < 4.78 is 31.3. The van der Waals surface area contributed by atoms with Gasteiger partial charge in [-0.1, -0.05) is 41.9 Å². The number of hydrogen-bond donors (Lipinski definition) is 0. The third-order valence-corrected chi connectivity index (χ3v) is 7.03. The van der Waals surface area contributed by atoms with E-state index in [1.165, 1.54) is 7.11 Å². The molecule has 24 heavy (non-hydrogen) atoms. The van der Waals surface area contributed by atoms with Crippen molar-refractivity contribution in [1.29, 1.82) is 5.26 Å². The zero-order valence-electron chi connectivity index (χ0n) is 13.0. The number of hydrogen-bond acceptors (Lipinski definition) is 4. The Morgan fingerprint density at radius 2 is 1.79 bits per heavy atom. The molecule has 0 aliphatic heterocycles. The van der Waals surface area contributed by atoms with Gasteiger partial charge in [0.15, 0.2) is 9.84 Å². The molecule has 0 bridgehead atoms. The van der Waals surface area contributed by atoms with Crippen molar-refractivity contribution in [2.45, 2.75) is 16.1 Å². The van der Waals surface area contributed by atoms with Crippen LogP contribution in [-0.2, 0) is 14.6 Å². The lowest BCUT2D eigenvalue weighted by Gasteiger charge is -2.08. The summed E-state index contributed by atoms with van der Waals surface area (Å²) in [4.78, 5) is 0.224. The van der Waals surface area contributed by atoms with Crippen LogP contribution in [0.4, 0.5) is 0 Å². The molecular weight excluding hydrogens is 346 g/mol. The summed E-state index contributed by atoms with van der Waals surface area (Å²) in [6.45, 7) is 0.0630. The largest absolute Gasteiger partial charge is 0.383 e. The van der Waals surface area contributed by atoms with Gasteiger partial charge in [-0.15, -0.1) is 0 Å². The molecule has 0 heterocycles. The van der Waals surface area contributed by atoms with Crippen molar-refractivity contribution < 1.29 is 13.2 Å². The molecule has 0 unspecified atom stereocenters. The van der Waals surface area contributed by atoms with Gasteiger partial charge in [-0.2, -0.15) is 5.26 Å². The van der Waals surface area contributed by atoms with Crippen LogP contribution in [0.5, 0.6) is 0 Å². The van der Waals surface area contributed by atoms with Crippen LogP contribution in [0, 0.1) is 16.7 Å². The zero-order chi connectivity index (χ0) is 17.4. The van der Waals surface area contributed by atoms with Crippen LogP contribution < -0.4 is 0 Å². The fraction of sp³-hybridized carbons (Fsp3) is 0.278. The van der Waals surface area contributed by atoms with Gasteiger partial charge in [-0.25, -0.2) is 8.42 Å². The second-order valence-corrected chi connectivity index (χ2v) is 8.40. The summed E-state index contributed by atoms with van der Waals surface area (Å²) in [5, 5.41) is 9.47. The van der Waals surface area contributed by atoms with Crippen molar-refractivity contribution in [1.82, 2.24) is 0 Å². The van der Waals surface area contributed by atoms with Crippen LogP contribution in [-0.4, -0.2) is 27.4 Å². The van der Waals surface area contributed by atoms with E-state index in [1.807, 2.05) is 0 Å². The van der Waals surface area contributed by atoms with Crippen molar-refractivity contribution in [3.63, 3.8) is 0 Å².